The summed E-state index contributed by atoms with van der Waals surface area (Å²) in [6.45, 7) is 10.6. The van der Waals surface area contributed by atoms with Crippen LogP contribution in [0.15, 0.2) is 71.7 Å². The highest BCUT2D eigenvalue weighted by Gasteiger charge is 2.56. The molecule has 63 heavy (non-hydrogen) atoms. The van der Waals surface area contributed by atoms with Gasteiger partial charge in [-0.3, -0.25) is 19.5 Å². The first kappa shape index (κ1) is 43.2. The van der Waals surface area contributed by atoms with Crippen LogP contribution < -0.4 is 39.1 Å². The van der Waals surface area contributed by atoms with Crippen LogP contribution >= 0.6 is 21.6 Å². The average Bonchev–Trinajstić information content (AvgIpc) is 4.15. The highest BCUT2D eigenvalue weighted by atomic mass is 33.1. The lowest BCUT2D eigenvalue weighted by atomic mass is 10.0. The number of carbonyl (C=O) groups excluding carboxylic acids is 2. The Balaban J connectivity index is 0.914. The van der Waals surface area contributed by atoms with E-state index < -0.39 is 0 Å². The van der Waals surface area contributed by atoms with Crippen molar-refractivity contribution in [3.05, 3.63) is 94.5 Å². The Hall–Kier alpha value is -5.05. The van der Waals surface area contributed by atoms with Gasteiger partial charge in [-0.1, -0.05) is 67.0 Å². The van der Waals surface area contributed by atoms with Crippen molar-refractivity contribution in [1.29, 1.82) is 0 Å². The lowest BCUT2D eigenvalue weighted by Gasteiger charge is -2.28. The number of anilines is 2. The first-order valence-electron chi connectivity index (χ1n) is 22.2. The molecule has 4 aliphatic heterocycles. The Labute approximate surface area is 378 Å². The van der Waals surface area contributed by atoms with Crippen LogP contribution in [0.25, 0.3) is 0 Å². The second kappa shape index (κ2) is 18.2. The zero-order valence-corrected chi connectivity index (χ0v) is 38.6. The lowest BCUT2D eigenvalue weighted by Crippen LogP contribution is -2.39. The number of methoxy groups -OCH3 is 2. The topological polar surface area (TPSA) is 114 Å². The molecule has 0 spiro atoms. The van der Waals surface area contributed by atoms with Crippen molar-refractivity contribution in [3.8, 4) is 28.7 Å². The Morgan fingerprint density at radius 3 is 2.29 bits per heavy atom. The molecule has 5 aliphatic rings. The molecule has 1 saturated heterocycles. The van der Waals surface area contributed by atoms with Gasteiger partial charge in [0.25, 0.3) is 11.8 Å². The van der Waals surface area contributed by atoms with Gasteiger partial charge < -0.3 is 33.6 Å². The van der Waals surface area contributed by atoms with Crippen LogP contribution in [-0.2, 0) is 19.6 Å². The van der Waals surface area contributed by atoms with Gasteiger partial charge in [0.1, 0.15) is 25.1 Å². The van der Waals surface area contributed by atoms with Crippen LogP contribution in [-0.4, -0.2) is 80.0 Å². The van der Waals surface area contributed by atoms with E-state index in [1.54, 1.807) is 32.4 Å². The summed E-state index contributed by atoms with van der Waals surface area (Å²) in [5.74, 6) is 5.40. The van der Waals surface area contributed by atoms with Crippen LogP contribution in [0.4, 0.5) is 17.1 Å². The second-order valence-electron chi connectivity index (χ2n) is 17.3. The third-order valence-electron chi connectivity index (χ3n) is 13.2. The van der Waals surface area contributed by atoms with E-state index in [1.807, 2.05) is 87.0 Å². The van der Waals surface area contributed by atoms with Gasteiger partial charge in [-0.25, -0.2) is 0 Å². The minimum atomic E-state index is -0.164. The van der Waals surface area contributed by atoms with E-state index in [-0.39, 0.29) is 43.3 Å². The molecule has 1 aliphatic carbocycles. The molecule has 12 nitrogen and oxygen atoms in total. The molecular weight excluding hydrogens is 835 g/mol. The third kappa shape index (κ3) is 8.53. The van der Waals surface area contributed by atoms with E-state index in [4.69, 9.17) is 28.8 Å². The number of para-hydroxylation sites is 1. The molecule has 2 amide bonds. The van der Waals surface area contributed by atoms with E-state index in [0.717, 1.165) is 46.2 Å². The van der Waals surface area contributed by atoms with Crippen LogP contribution in [0.1, 0.15) is 90.8 Å². The lowest BCUT2D eigenvalue weighted by molar-refractivity contribution is 0.0741. The Bertz CT molecular complexity index is 2410. The number of likely N-dealkylation sites (N-methyl/N-ethyl adjacent to an activating group) is 1. The average molecular weight is 892 g/mol. The quantitative estimate of drug-likeness (QED) is 0.0396. The molecule has 2 fully saturated rings. The molecule has 4 aromatic carbocycles. The summed E-state index contributed by atoms with van der Waals surface area (Å²) in [5, 5.41) is 0. The monoisotopic (exact) mass is 891 g/mol. The number of carbonyl (C=O) groups is 2. The van der Waals surface area contributed by atoms with Gasteiger partial charge in [0.2, 0.25) is 0 Å². The SMILES string of the molecule is CCC[C@]1(C)CC1CSSCCNOc1cc(COc2cc3c(cc2OC)C(=O)N2c4ccccc4CC2C=N3)cc(COc2cc3c(cc2OC)C(=O)N(CC)C2[C@@H](CC)N32)c1. The van der Waals surface area contributed by atoms with Crippen LogP contribution in [0.2, 0.25) is 0 Å². The fourth-order valence-electron chi connectivity index (χ4n) is 9.68. The maximum absolute atomic E-state index is 14.0. The van der Waals surface area contributed by atoms with Crippen LogP contribution in [0.3, 0.4) is 0 Å². The number of hydrogen-bond acceptors (Lipinski definition) is 12. The molecule has 4 heterocycles. The highest BCUT2D eigenvalue weighted by molar-refractivity contribution is 8.76. The molecule has 0 aromatic heterocycles. The fourth-order valence-corrected chi connectivity index (χ4v) is 12.1. The van der Waals surface area contributed by atoms with Crippen molar-refractivity contribution in [2.75, 3.05) is 48.6 Å². The number of hydroxylamine groups is 1. The molecule has 4 aromatic rings. The highest BCUT2D eigenvalue weighted by Crippen LogP contribution is 2.57. The zero-order valence-electron chi connectivity index (χ0n) is 37.0. The van der Waals surface area contributed by atoms with E-state index in [0.29, 0.717) is 70.5 Å². The molecule has 0 radical (unpaired) electrons. The summed E-state index contributed by atoms with van der Waals surface area (Å²) >= 11 is 0. The van der Waals surface area contributed by atoms with Gasteiger partial charge in [0.15, 0.2) is 23.0 Å². The van der Waals surface area contributed by atoms with Crippen molar-refractivity contribution < 1.29 is 33.4 Å². The number of aliphatic imine (C=N–C) groups is 1. The van der Waals surface area contributed by atoms with E-state index in [9.17, 15) is 9.59 Å². The molecular formula is C49H57N5O7S2. The number of amides is 2. The fraction of sp³-hybridized carbons (Fsp3) is 0.449. The number of fused-ring (bicyclic) bond motifs is 7. The van der Waals surface area contributed by atoms with E-state index in [2.05, 4.69) is 37.2 Å². The Kier molecular flexibility index (Phi) is 12.5. The Morgan fingerprint density at radius 2 is 1.57 bits per heavy atom. The maximum atomic E-state index is 14.0. The third-order valence-corrected chi connectivity index (χ3v) is 15.6. The van der Waals surface area contributed by atoms with E-state index in [1.165, 1.54) is 25.0 Å². The largest absolute Gasteiger partial charge is 0.493 e. The van der Waals surface area contributed by atoms with Gasteiger partial charge in [0, 0.05) is 55.1 Å². The molecule has 14 heteroatoms. The van der Waals surface area contributed by atoms with Crippen molar-refractivity contribution in [1.82, 2.24) is 10.4 Å². The number of benzene rings is 4. The van der Waals surface area contributed by atoms with Crippen LogP contribution in [0.5, 0.6) is 28.7 Å². The van der Waals surface area contributed by atoms with Crippen molar-refractivity contribution in [3.63, 3.8) is 0 Å². The zero-order chi connectivity index (χ0) is 43.8. The van der Waals surface area contributed by atoms with Crippen LogP contribution in [0, 0.1) is 11.3 Å². The number of rotatable bonds is 20. The molecule has 0 bridgehead atoms. The smallest absolute Gasteiger partial charge is 0.261 e. The number of nitrogens with one attached hydrogen (secondary N) is 1. The number of hydrogen-bond donors (Lipinski definition) is 1. The molecule has 3 unspecified atom stereocenters. The summed E-state index contributed by atoms with van der Waals surface area (Å²) in [6.07, 6.45) is 7.49. The summed E-state index contributed by atoms with van der Waals surface area (Å²) < 4.78 is 24.5. The minimum Gasteiger partial charge on any atom is -0.493 e. The van der Waals surface area contributed by atoms with Gasteiger partial charge in [-0.05, 0) is 90.6 Å². The standard InChI is InChI=1S/C49H57N5O7S2/c1-7-14-49(4)25-33(49)29-63-62-16-15-51-61-35-18-30(17-31(19-35)28-60-45-24-41-37(22-43(45)58-6)47(55)52(9-3)46-39(8-2)54(41)46)27-59-44-23-38-36(21-42(44)57-5)48(56)53-34(26-50-38)20-32-12-10-11-13-40(32)53/h10-13,17-19,21-24,26,33-34,39,46,51H,7-9,14-16,20,25,27-29H2,1-6H3/t33?,34?,39-,46?,49-,54?/m1/s1. The van der Waals surface area contributed by atoms with Gasteiger partial charge in [-0.2, -0.15) is 5.48 Å². The number of ether oxygens (including phenoxy) is 4. The van der Waals surface area contributed by atoms with Gasteiger partial charge >= 0.3 is 0 Å². The van der Waals surface area contributed by atoms with Gasteiger partial charge in [-0.15, -0.1) is 0 Å². The summed E-state index contributed by atoms with van der Waals surface area (Å²) in [7, 11) is 7.00. The Morgan fingerprint density at radius 1 is 0.841 bits per heavy atom. The summed E-state index contributed by atoms with van der Waals surface area (Å²) in [6, 6.07) is 21.3. The molecule has 332 valence electrons. The predicted octanol–water partition coefficient (Wildman–Crippen LogP) is 9.64. The molecule has 5 atom stereocenters. The molecule has 1 N–H and O–H groups in total. The first-order chi connectivity index (χ1) is 30.7. The summed E-state index contributed by atoms with van der Waals surface area (Å²) in [5.41, 5.74) is 9.93. The van der Waals surface area contributed by atoms with Crippen molar-refractivity contribution in [2.24, 2.45) is 16.3 Å². The number of nitrogens with zero attached hydrogens (tertiary/aromatic N) is 4. The minimum absolute atomic E-state index is 0.0158. The normalized spacial score (nSPS) is 22.4. The molecule has 9 rings (SSSR count). The summed E-state index contributed by atoms with van der Waals surface area (Å²) in [4.78, 5) is 44.5. The maximum Gasteiger partial charge on any atom is 0.261 e. The van der Waals surface area contributed by atoms with Crippen molar-refractivity contribution in [2.45, 2.75) is 91.3 Å². The molecule has 1 saturated carbocycles. The first-order valence-corrected chi connectivity index (χ1v) is 24.7. The second-order valence-corrected chi connectivity index (χ2v) is 19.9. The predicted molar refractivity (Wildman–Crippen MR) is 252 cm³/mol. The van der Waals surface area contributed by atoms with Gasteiger partial charge in [0.05, 0.1) is 48.8 Å². The van der Waals surface area contributed by atoms with E-state index >= 15 is 0 Å². The van der Waals surface area contributed by atoms with Crippen molar-refractivity contribution >= 4 is 56.7 Å².